The monoisotopic (exact) mass is 294 g/mol. The molecule has 0 atom stereocenters. The second kappa shape index (κ2) is 4.00. The van der Waals surface area contributed by atoms with E-state index in [9.17, 15) is 0 Å². The van der Waals surface area contributed by atoms with Crippen LogP contribution in [0.25, 0.3) is 0 Å². The molecule has 52 valence electrons. The van der Waals surface area contributed by atoms with Gasteiger partial charge in [0.25, 0.3) is 0 Å². The van der Waals surface area contributed by atoms with Crippen LogP contribution in [0.2, 0.25) is 0 Å². The third-order valence-electron chi connectivity index (χ3n) is 1.34. The minimum absolute atomic E-state index is 1.20. The van der Waals surface area contributed by atoms with Crippen LogP contribution >= 0.6 is 0 Å². The normalized spacial score (nSPS) is 11.3. The van der Waals surface area contributed by atoms with Crippen molar-refractivity contribution >= 4 is 4.02 Å². The Labute approximate surface area is 68.2 Å². The molecule has 2 heteroatoms. The van der Waals surface area contributed by atoms with E-state index in [0.717, 1.165) is 0 Å². The first-order valence-corrected chi connectivity index (χ1v) is 4.32. The summed E-state index contributed by atoms with van der Waals surface area (Å²) in [6.45, 7) is 6.12. The summed E-state index contributed by atoms with van der Waals surface area (Å²) in [5.41, 5.74) is 1.20. The molecule has 0 heterocycles. The molecule has 0 fully saturated rings. The van der Waals surface area contributed by atoms with Gasteiger partial charge in [0.15, 0.2) is 0 Å². The molecule has 9 heavy (non-hydrogen) atoms. The van der Waals surface area contributed by atoms with E-state index in [1.807, 2.05) is 6.92 Å². The van der Waals surface area contributed by atoms with Crippen LogP contribution in [0.4, 0.5) is 0 Å². The van der Waals surface area contributed by atoms with E-state index in [-0.39, 0.29) is 0 Å². The molecule has 0 aromatic carbocycles. The van der Waals surface area contributed by atoms with Gasteiger partial charge in [0, 0.05) is 0 Å². The van der Waals surface area contributed by atoms with E-state index >= 15 is 0 Å². The Bertz CT molecular complexity index is 138. The zero-order chi connectivity index (χ0) is 7.44. The van der Waals surface area contributed by atoms with E-state index in [1.165, 1.54) is 29.1 Å². The van der Waals surface area contributed by atoms with Gasteiger partial charge in [0.1, 0.15) is 0 Å². The zero-order valence-electron chi connectivity index (χ0n) is 6.36. The fourth-order valence-electron chi connectivity index (χ4n) is 0.404. The average Bonchev–Trinajstić information content (AvgIpc) is 1.84. The first-order chi connectivity index (χ1) is 4.09. The van der Waals surface area contributed by atoms with Gasteiger partial charge < -0.3 is 0 Å². The quantitative estimate of drug-likeness (QED) is 0.695. The molecule has 0 saturated carbocycles. The first kappa shape index (κ1) is 9.10. The Morgan fingerprint density at radius 1 is 1.44 bits per heavy atom. The molecule has 0 aromatic heterocycles. The second-order valence-corrected chi connectivity index (χ2v) is 4.04. The summed E-state index contributed by atoms with van der Waals surface area (Å²) in [6, 6.07) is 0. The molecule has 0 aliphatic heterocycles. The molecule has 0 aromatic rings. The van der Waals surface area contributed by atoms with E-state index in [4.69, 9.17) is 0 Å². The molecule has 0 bridgehead atoms. The van der Waals surface area contributed by atoms with Crippen LogP contribution < -0.4 is 0 Å². The maximum absolute atomic E-state index is 3.08. The molecule has 0 spiro atoms. The first-order valence-electron chi connectivity index (χ1n) is 2.85. The van der Waals surface area contributed by atoms with Crippen molar-refractivity contribution in [3.63, 3.8) is 0 Å². The van der Waals surface area contributed by atoms with E-state index < -0.39 is 0 Å². The van der Waals surface area contributed by atoms with Crippen molar-refractivity contribution < 1.29 is 19.4 Å². The Morgan fingerprint density at radius 3 is 2.00 bits per heavy atom. The molecule has 0 unspecified atom stereocenters. The summed E-state index contributed by atoms with van der Waals surface area (Å²) >= 11 is 1.52. The van der Waals surface area contributed by atoms with Gasteiger partial charge in [-0.05, 0) is 0 Å². The number of rotatable bonds is 2. The zero-order valence-corrected chi connectivity index (χ0v) is 9.29. The molecule has 1 nitrogen and oxygen atoms in total. The predicted molar refractivity (Wildman–Crippen MR) is 36.5 cm³/mol. The average molecular weight is 294 g/mol. The Balaban J connectivity index is 4.04. The maximum atomic E-state index is 3.08. The number of nitrogens with zero attached hydrogens (tertiary/aromatic N) is 1. The van der Waals surface area contributed by atoms with Gasteiger partial charge >= 0.3 is 67.9 Å². The van der Waals surface area contributed by atoms with Gasteiger partial charge in [0.05, 0.1) is 0 Å². The van der Waals surface area contributed by atoms with Crippen LogP contribution in [0.5, 0.6) is 0 Å². The molecule has 0 rings (SSSR count). The van der Waals surface area contributed by atoms with Crippen LogP contribution in [0.15, 0.2) is 5.70 Å². The summed E-state index contributed by atoms with van der Waals surface area (Å²) < 4.78 is 1.38. The van der Waals surface area contributed by atoms with Crippen molar-refractivity contribution in [3.05, 3.63) is 11.8 Å². The Hall–Kier alpha value is 0.0983. The predicted octanol–water partition coefficient (Wildman–Crippen LogP) is 1.34. The van der Waals surface area contributed by atoms with Crippen molar-refractivity contribution in [3.8, 4) is 0 Å². The second-order valence-electron chi connectivity index (χ2n) is 1.91. The molecule has 0 saturated heterocycles. The van der Waals surface area contributed by atoms with Gasteiger partial charge in [-0.15, -0.1) is 0 Å². The van der Waals surface area contributed by atoms with Crippen LogP contribution in [0, 0.1) is 6.08 Å². The van der Waals surface area contributed by atoms with E-state index in [1.54, 1.807) is 0 Å². The fourth-order valence-corrected chi connectivity index (χ4v) is 0.896. The molecule has 0 aliphatic rings. The van der Waals surface area contributed by atoms with Crippen molar-refractivity contribution in [1.82, 2.24) is 4.90 Å². The third kappa shape index (κ3) is 2.95. The van der Waals surface area contributed by atoms with E-state index in [0.29, 0.717) is 0 Å². The molecule has 0 amide bonds. The minimum atomic E-state index is 1.20. The molecule has 0 aliphatic carbocycles. The number of hydrogen-bond acceptors (Lipinski definition) is 1. The Morgan fingerprint density at radius 2 is 1.89 bits per heavy atom. The summed E-state index contributed by atoms with van der Waals surface area (Å²) in [7, 11) is 2.06. The molecular weight excluding hydrogens is 282 g/mol. The van der Waals surface area contributed by atoms with Crippen molar-refractivity contribution in [1.29, 1.82) is 0 Å². The Kier molecular flexibility index (Phi) is 4.05. The molecule has 0 N–H and O–H groups in total. The summed E-state index contributed by atoms with van der Waals surface area (Å²) in [5.74, 6) is 0. The van der Waals surface area contributed by atoms with E-state index in [2.05, 4.69) is 31.9 Å². The van der Waals surface area contributed by atoms with Gasteiger partial charge in [0.2, 0.25) is 0 Å². The van der Waals surface area contributed by atoms with Gasteiger partial charge in [-0.1, -0.05) is 0 Å². The number of hydrogen-bond donors (Lipinski definition) is 0. The van der Waals surface area contributed by atoms with Gasteiger partial charge in [-0.2, -0.15) is 0 Å². The summed E-state index contributed by atoms with van der Waals surface area (Å²) in [6.07, 6.45) is 3.08. The standard InChI is InChI=1S/C7H12N.W/c1-5-7(3)8(4)6-2;/h1-4H3;/q-1;. The SMILES string of the molecule is C[C-]=C(C)N(C)[C](C)=[W]. The summed E-state index contributed by atoms with van der Waals surface area (Å²) in [5, 5.41) is 0. The van der Waals surface area contributed by atoms with Gasteiger partial charge in [-0.3, -0.25) is 0 Å². The topological polar surface area (TPSA) is 3.24 Å². The summed E-state index contributed by atoms with van der Waals surface area (Å²) in [4.78, 5) is 2.15. The van der Waals surface area contributed by atoms with Gasteiger partial charge in [-0.25, -0.2) is 0 Å². The van der Waals surface area contributed by atoms with Crippen molar-refractivity contribution in [2.24, 2.45) is 0 Å². The third-order valence-corrected chi connectivity index (χ3v) is 2.32. The number of allylic oxidation sites excluding steroid dienone is 2. The van der Waals surface area contributed by atoms with Crippen molar-refractivity contribution in [2.75, 3.05) is 7.05 Å². The van der Waals surface area contributed by atoms with Crippen LogP contribution in [-0.2, 0) is 19.4 Å². The fraction of sp³-hybridized carbons (Fsp3) is 0.571. The van der Waals surface area contributed by atoms with Crippen LogP contribution in [-0.4, -0.2) is 16.0 Å². The van der Waals surface area contributed by atoms with Crippen molar-refractivity contribution in [2.45, 2.75) is 20.8 Å². The van der Waals surface area contributed by atoms with Crippen LogP contribution in [0.3, 0.4) is 0 Å². The molecule has 0 radical (unpaired) electrons. The molecular formula is C7H12NW-. The van der Waals surface area contributed by atoms with Crippen LogP contribution in [0.1, 0.15) is 20.8 Å².